The van der Waals surface area contributed by atoms with Gasteiger partial charge in [0.15, 0.2) is 11.4 Å². The smallest absolute Gasteiger partial charge is 0.166 e. The van der Waals surface area contributed by atoms with Crippen LogP contribution in [0.4, 0.5) is 0 Å². The number of hydrogen-bond acceptors (Lipinski definition) is 5. The number of hydrogen-bond donors (Lipinski definition) is 0. The molecule has 0 N–H and O–H groups in total. The maximum Gasteiger partial charge on any atom is 0.166 e. The molecule has 1 aliphatic carbocycles. The number of ketones is 1. The van der Waals surface area contributed by atoms with Crippen LogP contribution in [0.15, 0.2) is 30.5 Å². The summed E-state index contributed by atoms with van der Waals surface area (Å²) in [5.74, 6) is 0.923. The fraction of sp³-hybridized carbons (Fsp3) is 0.381. The lowest BCUT2D eigenvalue weighted by Crippen LogP contribution is -2.29. The van der Waals surface area contributed by atoms with Gasteiger partial charge in [-0.05, 0) is 29.5 Å². The van der Waals surface area contributed by atoms with Crippen LogP contribution in [0.5, 0.6) is 5.75 Å². The van der Waals surface area contributed by atoms with Crippen LogP contribution in [0, 0.1) is 5.41 Å². The summed E-state index contributed by atoms with van der Waals surface area (Å²) in [6.45, 7) is 4.60. The Labute approximate surface area is 158 Å². The third-order valence-corrected chi connectivity index (χ3v) is 5.06. The maximum absolute atomic E-state index is 12.6. The summed E-state index contributed by atoms with van der Waals surface area (Å²) in [7, 11) is 3.30. The molecule has 0 saturated heterocycles. The minimum atomic E-state index is -0.0913. The summed E-state index contributed by atoms with van der Waals surface area (Å²) >= 11 is 0. The van der Waals surface area contributed by atoms with Crippen LogP contribution < -0.4 is 4.74 Å². The molecular weight excluding hydrogens is 342 g/mol. The van der Waals surface area contributed by atoms with E-state index in [0.29, 0.717) is 18.6 Å². The van der Waals surface area contributed by atoms with Gasteiger partial charge < -0.3 is 9.47 Å². The second-order valence-electron chi connectivity index (χ2n) is 7.78. The lowest BCUT2D eigenvalue weighted by atomic mass is 9.76. The monoisotopic (exact) mass is 365 g/mol. The van der Waals surface area contributed by atoms with Crippen LogP contribution in [-0.4, -0.2) is 34.6 Å². The Hall–Kier alpha value is -2.73. The van der Waals surface area contributed by atoms with Crippen LogP contribution >= 0.6 is 0 Å². The summed E-state index contributed by atoms with van der Waals surface area (Å²) in [5, 5.41) is 4.78. The average Bonchev–Trinajstić information content (AvgIpc) is 3.00. The molecule has 27 heavy (non-hydrogen) atoms. The van der Waals surface area contributed by atoms with E-state index in [1.165, 1.54) is 0 Å². The summed E-state index contributed by atoms with van der Waals surface area (Å²) in [6.07, 6.45) is 3.02. The van der Waals surface area contributed by atoms with E-state index in [1.807, 2.05) is 28.8 Å². The zero-order valence-electron chi connectivity index (χ0n) is 16.1. The molecule has 1 aliphatic rings. The van der Waals surface area contributed by atoms with Gasteiger partial charge in [-0.3, -0.25) is 4.79 Å². The topological polar surface area (TPSA) is 65.7 Å². The predicted molar refractivity (Wildman–Crippen MR) is 102 cm³/mol. The first kappa shape index (κ1) is 17.7. The third-order valence-electron chi connectivity index (χ3n) is 5.06. The quantitative estimate of drug-likeness (QED) is 0.705. The fourth-order valence-corrected chi connectivity index (χ4v) is 3.81. The van der Waals surface area contributed by atoms with Crippen LogP contribution in [-0.2, 0) is 17.8 Å². The minimum absolute atomic E-state index is 0.0913. The number of rotatable bonds is 4. The lowest BCUT2D eigenvalue weighted by molar-refractivity contribution is 0.0908. The number of aromatic nitrogens is 3. The van der Waals surface area contributed by atoms with E-state index in [9.17, 15) is 4.79 Å². The van der Waals surface area contributed by atoms with Gasteiger partial charge in [-0.15, -0.1) is 0 Å². The van der Waals surface area contributed by atoms with Crippen LogP contribution in [0.3, 0.4) is 0 Å². The molecule has 0 atom stereocenters. The van der Waals surface area contributed by atoms with Crippen LogP contribution in [0.2, 0.25) is 0 Å². The number of methoxy groups -OCH3 is 2. The van der Waals surface area contributed by atoms with Gasteiger partial charge in [0.25, 0.3) is 0 Å². The molecule has 0 radical (unpaired) electrons. The van der Waals surface area contributed by atoms with E-state index in [-0.39, 0.29) is 11.2 Å². The van der Waals surface area contributed by atoms with Crippen molar-refractivity contribution in [3.8, 4) is 16.9 Å². The number of fused-ring (bicyclic) bond motifs is 3. The Morgan fingerprint density at radius 3 is 2.56 bits per heavy atom. The van der Waals surface area contributed by atoms with Crippen molar-refractivity contribution in [2.45, 2.75) is 33.3 Å². The van der Waals surface area contributed by atoms with E-state index in [2.05, 4.69) is 18.8 Å². The molecule has 6 nitrogen and oxygen atoms in total. The van der Waals surface area contributed by atoms with Crippen molar-refractivity contribution >= 4 is 11.4 Å². The number of benzene rings is 1. The Balaban J connectivity index is 1.96. The minimum Gasteiger partial charge on any atom is -0.497 e. The van der Waals surface area contributed by atoms with E-state index >= 15 is 0 Å². The first-order valence-electron chi connectivity index (χ1n) is 8.99. The fourth-order valence-electron chi connectivity index (χ4n) is 3.81. The molecule has 6 heteroatoms. The third kappa shape index (κ3) is 3.00. The highest BCUT2D eigenvalue weighted by molar-refractivity contribution is 5.99. The Morgan fingerprint density at radius 1 is 1.15 bits per heavy atom. The summed E-state index contributed by atoms with van der Waals surface area (Å²) in [4.78, 5) is 17.2. The molecule has 1 aromatic carbocycles. The first-order chi connectivity index (χ1) is 12.9. The van der Waals surface area contributed by atoms with Gasteiger partial charge in [0.2, 0.25) is 0 Å². The summed E-state index contributed by atoms with van der Waals surface area (Å²) in [5.41, 5.74) is 4.99. The first-order valence-corrected chi connectivity index (χ1v) is 8.99. The van der Waals surface area contributed by atoms with Gasteiger partial charge in [0, 0.05) is 19.7 Å². The molecule has 4 rings (SSSR count). The Morgan fingerprint density at radius 2 is 1.89 bits per heavy atom. The van der Waals surface area contributed by atoms with Crippen molar-refractivity contribution < 1.29 is 14.3 Å². The number of carbonyl (C=O) groups excluding carboxylic acids is 1. The van der Waals surface area contributed by atoms with Crippen molar-refractivity contribution in [2.75, 3.05) is 14.2 Å². The van der Waals surface area contributed by atoms with Crippen molar-refractivity contribution in [1.82, 2.24) is 14.6 Å². The van der Waals surface area contributed by atoms with Gasteiger partial charge in [-0.25, -0.2) is 9.50 Å². The molecule has 3 aromatic rings. The molecule has 2 heterocycles. The molecule has 0 unspecified atom stereocenters. The molecule has 2 aromatic heterocycles. The molecule has 0 amide bonds. The molecule has 0 saturated carbocycles. The molecule has 0 bridgehead atoms. The maximum atomic E-state index is 12.6. The molecule has 0 spiro atoms. The number of nitrogens with zero attached hydrogens (tertiary/aromatic N) is 3. The normalized spacial score (nSPS) is 15.8. The van der Waals surface area contributed by atoms with Crippen LogP contribution in [0.1, 0.15) is 42.0 Å². The van der Waals surface area contributed by atoms with E-state index in [4.69, 9.17) is 14.6 Å². The highest BCUT2D eigenvalue weighted by atomic mass is 16.5. The van der Waals surface area contributed by atoms with Gasteiger partial charge in [0.05, 0.1) is 36.2 Å². The second kappa shape index (κ2) is 6.46. The van der Waals surface area contributed by atoms with E-state index < -0.39 is 0 Å². The number of carbonyl (C=O) groups is 1. The molecule has 0 aliphatic heterocycles. The van der Waals surface area contributed by atoms with E-state index in [1.54, 1.807) is 20.4 Å². The van der Waals surface area contributed by atoms with Gasteiger partial charge in [-0.1, -0.05) is 26.0 Å². The Kier molecular flexibility index (Phi) is 4.23. The lowest BCUT2D eigenvalue weighted by Gasteiger charge is -2.29. The van der Waals surface area contributed by atoms with Crippen molar-refractivity contribution in [3.05, 3.63) is 47.4 Å². The van der Waals surface area contributed by atoms with E-state index in [0.717, 1.165) is 40.3 Å². The van der Waals surface area contributed by atoms with Gasteiger partial charge in [0.1, 0.15) is 5.75 Å². The van der Waals surface area contributed by atoms with Gasteiger partial charge in [-0.2, -0.15) is 5.10 Å². The summed E-state index contributed by atoms with van der Waals surface area (Å²) < 4.78 is 12.5. The Bertz CT molecular complexity index is 1020. The van der Waals surface area contributed by atoms with Crippen molar-refractivity contribution in [3.63, 3.8) is 0 Å². The largest absolute Gasteiger partial charge is 0.497 e. The van der Waals surface area contributed by atoms with Gasteiger partial charge >= 0.3 is 0 Å². The molecular formula is C21H23N3O3. The SMILES string of the molecule is COCc1nn2c3c(cnc2c1-c1ccc(OC)cc1)C(=O)CC(C)(C)C3. The van der Waals surface area contributed by atoms with Crippen molar-refractivity contribution in [1.29, 1.82) is 0 Å². The number of Topliss-reactive ketones (excluding diaryl/α,β-unsaturated/α-hetero) is 1. The highest BCUT2D eigenvalue weighted by Crippen LogP contribution is 2.37. The highest BCUT2D eigenvalue weighted by Gasteiger charge is 2.34. The number of ether oxygens (including phenoxy) is 2. The van der Waals surface area contributed by atoms with Crippen LogP contribution in [0.25, 0.3) is 16.8 Å². The zero-order valence-corrected chi connectivity index (χ0v) is 16.1. The zero-order chi connectivity index (χ0) is 19.2. The average molecular weight is 365 g/mol. The van der Waals surface area contributed by atoms with Crippen molar-refractivity contribution in [2.24, 2.45) is 5.41 Å². The predicted octanol–water partition coefficient (Wildman–Crippen LogP) is 3.71. The standard InChI is InChI=1S/C21H23N3O3/c1-21(2)9-17-15(18(25)10-21)11-22-20-19(16(12-26-3)23-24(17)20)13-5-7-14(27-4)8-6-13/h5-8,11H,9-10,12H2,1-4H3. The molecule has 140 valence electrons. The summed E-state index contributed by atoms with van der Waals surface area (Å²) in [6, 6.07) is 7.82. The molecule has 0 fully saturated rings. The second-order valence-corrected chi connectivity index (χ2v) is 7.78.